The van der Waals surface area contributed by atoms with E-state index in [2.05, 4.69) is 5.10 Å². The van der Waals surface area contributed by atoms with Gasteiger partial charge in [0.05, 0.1) is 28.7 Å². The van der Waals surface area contributed by atoms with Crippen LogP contribution < -0.4 is 0 Å². The zero-order valence-corrected chi connectivity index (χ0v) is 17.9. The van der Waals surface area contributed by atoms with E-state index in [-0.39, 0.29) is 49.7 Å². The van der Waals surface area contributed by atoms with Crippen LogP contribution in [-0.2, 0) is 27.5 Å². The second-order valence-electron chi connectivity index (χ2n) is 9.18. The summed E-state index contributed by atoms with van der Waals surface area (Å²) >= 11 is 0. The van der Waals surface area contributed by atoms with Crippen molar-refractivity contribution >= 4 is 21.7 Å². The molecule has 3 fully saturated rings. The Balaban J connectivity index is 0.00000231. The minimum Gasteiger partial charge on any atom is -0.461 e. The lowest BCUT2D eigenvalue weighted by atomic mass is 10.0. The summed E-state index contributed by atoms with van der Waals surface area (Å²) in [5.74, 6) is -0.896. The van der Waals surface area contributed by atoms with E-state index in [1.54, 1.807) is 11.8 Å². The first kappa shape index (κ1) is 22.3. The van der Waals surface area contributed by atoms with Crippen LogP contribution in [0.3, 0.4) is 0 Å². The Bertz CT molecular complexity index is 1020. The van der Waals surface area contributed by atoms with E-state index in [1.165, 1.54) is 4.68 Å². The summed E-state index contributed by atoms with van der Waals surface area (Å²) in [6, 6.07) is 0. The highest BCUT2D eigenvalue weighted by Crippen LogP contribution is 2.51. The summed E-state index contributed by atoms with van der Waals surface area (Å²) in [6.07, 6.45) is 4.28. The number of amides is 1. The van der Waals surface area contributed by atoms with Gasteiger partial charge in [-0.3, -0.25) is 9.48 Å². The lowest BCUT2D eigenvalue weighted by Crippen LogP contribution is -2.47. The Labute approximate surface area is 182 Å². The van der Waals surface area contributed by atoms with Crippen LogP contribution in [-0.4, -0.2) is 75.4 Å². The van der Waals surface area contributed by atoms with Crippen LogP contribution in [0.4, 0.5) is 0 Å². The maximum Gasteiger partial charge on any atom is 0.359 e. The number of ether oxygens (including phenoxy) is 1. The number of nitrogens with zero attached hydrogens (tertiary/aromatic N) is 3. The fourth-order valence-corrected chi connectivity index (χ4v) is 6.91. The molecule has 1 aromatic rings. The third-order valence-electron chi connectivity index (χ3n) is 6.77. The lowest BCUT2D eigenvalue weighted by molar-refractivity contribution is 0.0515. The number of carbonyl (C=O) groups excluding carboxylic acids is 2. The molecular weight excluding hydrogens is 422 g/mol. The molecule has 0 bridgehead atoms. The Hall–Kier alpha value is -1.94. The maximum atomic E-state index is 13.4. The van der Waals surface area contributed by atoms with Crippen LogP contribution in [0.2, 0.25) is 0 Å². The molecule has 4 aliphatic rings. The van der Waals surface area contributed by atoms with Crippen molar-refractivity contribution in [3.8, 4) is 0 Å². The molecule has 2 heterocycles. The third kappa shape index (κ3) is 3.67. The van der Waals surface area contributed by atoms with Crippen molar-refractivity contribution in [2.45, 2.75) is 81.4 Å². The Kier molecular flexibility index (Phi) is 5.24. The molecule has 1 amide bonds. The molecule has 1 N–H and O–H groups in total. The topological polar surface area (TPSA) is 119 Å². The molecule has 1 aliphatic heterocycles. The average molecular weight is 454 g/mol. The fraction of sp³-hybridized carbons (Fsp3) is 0.762. The van der Waals surface area contributed by atoms with Crippen molar-refractivity contribution in [3.05, 3.63) is 17.0 Å². The number of sulfone groups is 1. The highest BCUT2D eigenvalue weighted by atomic mass is 32.2. The second kappa shape index (κ2) is 7.30. The van der Waals surface area contributed by atoms with Gasteiger partial charge in [-0.2, -0.15) is 5.10 Å². The zero-order chi connectivity index (χ0) is 21.3. The molecule has 0 radical (unpaired) electrons. The molecule has 0 atom stereocenters. The fourth-order valence-electron chi connectivity index (χ4n) is 4.44. The average Bonchev–Trinajstić information content (AvgIpc) is 3.55. The number of carbonyl (C=O) groups is 2. The van der Waals surface area contributed by atoms with Crippen molar-refractivity contribution in [3.63, 3.8) is 0 Å². The standard InChI is InChI=1S/C20H27N3O6S.CH4/c1-2-29-18(25)15-14-5-10-22(12-20(8-9-20)30(27,28)13-3-4-13)17(24)16(14)23(21-15)11-19(26)6-7-19;/h13,26H,2-12H2,1H3;1H4. The number of aliphatic hydroxyl groups is 1. The van der Waals surface area contributed by atoms with Crippen molar-refractivity contribution in [2.75, 3.05) is 19.7 Å². The number of hydrogen-bond donors (Lipinski definition) is 1. The predicted molar refractivity (Wildman–Crippen MR) is 113 cm³/mol. The first-order chi connectivity index (χ1) is 14.2. The molecular formula is C21H31N3O6S. The van der Waals surface area contributed by atoms with Gasteiger partial charge in [-0.05, 0) is 51.9 Å². The molecule has 172 valence electrons. The van der Waals surface area contributed by atoms with E-state index in [0.29, 0.717) is 44.2 Å². The van der Waals surface area contributed by atoms with E-state index in [9.17, 15) is 23.1 Å². The van der Waals surface area contributed by atoms with E-state index in [0.717, 1.165) is 12.8 Å². The van der Waals surface area contributed by atoms with Crippen LogP contribution in [0.15, 0.2) is 0 Å². The lowest BCUT2D eigenvalue weighted by Gasteiger charge is -2.31. The summed E-state index contributed by atoms with van der Waals surface area (Å²) in [5, 5.41) is 14.5. The van der Waals surface area contributed by atoms with Gasteiger partial charge in [-0.25, -0.2) is 13.2 Å². The first-order valence-electron chi connectivity index (χ1n) is 10.7. The van der Waals surface area contributed by atoms with Crippen molar-refractivity contribution < 1.29 is 27.9 Å². The second-order valence-corrected chi connectivity index (χ2v) is 11.8. The molecule has 0 saturated heterocycles. The Morgan fingerprint density at radius 1 is 1.23 bits per heavy atom. The van der Waals surface area contributed by atoms with Crippen LogP contribution in [0, 0.1) is 0 Å². The van der Waals surface area contributed by atoms with Crippen LogP contribution in [0.1, 0.15) is 79.4 Å². The molecule has 9 nitrogen and oxygen atoms in total. The van der Waals surface area contributed by atoms with Gasteiger partial charge in [0.2, 0.25) is 0 Å². The van der Waals surface area contributed by atoms with Gasteiger partial charge >= 0.3 is 5.97 Å². The molecule has 0 aromatic carbocycles. The zero-order valence-electron chi connectivity index (χ0n) is 17.1. The van der Waals surface area contributed by atoms with Crippen molar-refractivity contribution in [2.24, 2.45) is 0 Å². The Morgan fingerprint density at radius 2 is 1.90 bits per heavy atom. The van der Waals surface area contributed by atoms with Crippen LogP contribution in [0.5, 0.6) is 0 Å². The molecule has 5 rings (SSSR count). The SMILES string of the molecule is C.CCOC(=O)c1nn(CC2(O)CC2)c2c1CCN(CC1(S(=O)(=O)C3CC3)CC1)C2=O. The van der Waals surface area contributed by atoms with E-state index in [1.807, 2.05) is 0 Å². The minimum absolute atomic E-state index is 0. The molecule has 3 aliphatic carbocycles. The van der Waals surface area contributed by atoms with Crippen LogP contribution >= 0.6 is 0 Å². The van der Waals surface area contributed by atoms with E-state index in [4.69, 9.17) is 4.74 Å². The quantitative estimate of drug-likeness (QED) is 0.590. The summed E-state index contributed by atoms with van der Waals surface area (Å²) < 4.78 is 31.5. The summed E-state index contributed by atoms with van der Waals surface area (Å²) in [4.78, 5) is 27.4. The predicted octanol–water partition coefficient (Wildman–Crippen LogP) is 1.33. The third-order valence-corrected chi connectivity index (χ3v) is 9.86. The number of hydrogen-bond acceptors (Lipinski definition) is 7. The molecule has 10 heteroatoms. The monoisotopic (exact) mass is 453 g/mol. The van der Waals surface area contributed by atoms with Gasteiger partial charge in [-0.1, -0.05) is 7.43 Å². The first-order valence-corrected chi connectivity index (χ1v) is 12.3. The van der Waals surface area contributed by atoms with Crippen LogP contribution in [0.25, 0.3) is 0 Å². The highest BCUT2D eigenvalue weighted by Gasteiger charge is 2.60. The largest absolute Gasteiger partial charge is 0.461 e. The minimum atomic E-state index is -3.23. The number of esters is 1. The number of aromatic nitrogens is 2. The maximum absolute atomic E-state index is 13.4. The Morgan fingerprint density at radius 3 is 2.45 bits per heavy atom. The van der Waals surface area contributed by atoms with Gasteiger partial charge in [0.1, 0.15) is 5.69 Å². The molecule has 1 aromatic heterocycles. The number of rotatable bonds is 8. The number of fused-ring (bicyclic) bond motifs is 1. The van der Waals surface area contributed by atoms with Gasteiger partial charge in [0.15, 0.2) is 15.5 Å². The summed E-state index contributed by atoms with van der Waals surface area (Å²) in [5.41, 5.74) is 0.0373. The normalized spacial score (nSPS) is 23.0. The van der Waals surface area contributed by atoms with E-state index >= 15 is 0 Å². The van der Waals surface area contributed by atoms with Crippen molar-refractivity contribution in [1.29, 1.82) is 0 Å². The van der Waals surface area contributed by atoms with Crippen molar-refractivity contribution in [1.82, 2.24) is 14.7 Å². The molecule has 0 unspecified atom stereocenters. The smallest absolute Gasteiger partial charge is 0.359 e. The van der Waals surface area contributed by atoms with Gasteiger partial charge in [0, 0.05) is 18.7 Å². The van der Waals surface area contributed by atoms with Gasteiger partial charge in [0.25, 0.3) is 5.91 Å². The van der Waals surface area contributed by atoms with Gasteiger partial charge < -0.3 is 14.7 Å². The summed E-state index contributed by atoms with van der Waals surface area (Å²) in [6.45, 7) is 2.58. The molecule has 0 spiro atoms. The molecule has 31 heavy (non-hydrogen) atoms. The summed E-state index contributed by atoms with van der Waals surface area (Å²) in [7, 11) is -3.23. The van der Waals surface area contributed by atoms with E-state index < -0.39 is 26.2 Å². The van der Waals surface area contributed by atoms with Gasteiger partial charge in [-0.15, -0.1) is 0 Å². The molecule has 3 saturated carbocycles. The highest BCUT2D eigenvalue weighted by molar-refractivity contribution is 7.94.